The number of nitriles is 1. The number of hydrogen-bond acceptors (Lipinski definition) is 4. The van der Waals surface area contributed by atoms with Crippen LogP contribution >= 0.6 is 0 Å². The summed E-state index contributed by atoms with van der Waals surface area (Å²) in [6, 6.07) is 14.0. The van der Waals surface area contributed by atoms with Crippen LogP contribution in [-0.2, 0) is 0 Å². The van der Waals surface area contributed by atoms with E-state index in [0.29, 0.717) is 16.9 Å². The number of esters is 1. The quantitative estimate of drug-likeness (QED) is 0.645. The highest BCUT2D eigenvalue weighted by atomic mass is 16.5. The van der Waals surface area contributed by atoms with E-state index in [9.17, 15) is 4.79 Å². The molecule has 0 atom stereocenters. The SMILES string of the molecule is N#Cc1ccc(OC(=O)c2ccc(O)cc2)cc1. The summed E-state index contributed by atoms with van der Waals surface area (Å²) in [6.07, 6.45) is 0. The van der Waals surface area contributed by atoms with Gasteiger partial charge in [0.1, 0.15) is 11.5 Å². The lowest BCUT2D eigenvalue weighted by molar-refractivity contribution is 0.0735. The average molecular weight is 239 g/mol. The monoisotopic (exact) mass is 239 g/mol. The molecule has 0 bridgehead atoms. The number of nitrogens with zero attached hydrogens (tertiary/aromatic N) is 1. The predicted octanol–water partition coefficient (Wildman–Crippen LogP) is 2.48. The minimum absolute atomic E-state index is 0.0879. The molecule has 2 aromatic carbocycles. The van der Waals surface area contributed by atoms with Gasteiger partial charge in [-0.2, -0.15) is 5.26 Å². The van der Waals surface area contributed by atoms with Crippen LogP contribution in [0.2, 0.25) is 0 Å². The Balaban J connectivity index is 2.11. The second kappa shape index (κ2) is 5.02. The first-order valence-electron chi connectivity index (χ1n) is 5.20. The Labute approximate surface area is 104 Å². The Morgan fingerprint density at radius 3 is 2.22 bits per heavy atom. The lowest BCUT2D eigenvalue weighted by atomic mass is 10.2. The Kier molecular flexibility index (Phi) is 3.26. The van der Waals surface area contributed by atoms with Crippen molar-refractivity contribution in [2.45, 2.75) is 0 Å². The van der Waals surface area contributed by atoms with Gasteiger partial charge >= 0.3 is 5.97 Å². The second-order valence-electron chi connectivity index (χ2n) is 3.57. The molecule has 2 rings (SSSR count). The summed E-state index contributed by atoms with van der Waals surface area (Å²) in [7, 11) is 0. The van der Waals surface area contributed by atoms with Gasteiger partial charge in [0.15, 0.2) is 0 Å². The normalized spacial score (nSPS) is 9.50. The average Bonchev–Trinajstić information content (AvgIpc) is 2.40. The number of carbonyl (C=O) groups excluding carboxylic acids is 1. The molecule has 1 N–H and O–H groups in total. The first-order chi connectivity index (χ1) is 8.69. The molecule has 0 unspecified atom stereocenters. The summed E-state index contributed by atoms with van der Waals surface area (Å²) in [5, 5.41) is 17.7. The molecule has 0 fully saturated rings. The summed E-state index contributed by atoms with van der Waals surface area (Å²) in [5.41, 5.74) is 0.844. The minimum Gasteiger partial charge on any atom is -0.508 e. The lowest BCUT2D eigenvalue weighted by Crippen LogP contribution is -2.07. The minimum atomic E-state index is -0.514. The van der Waals surface area contributed by atoms with E-state index in [0.717, 1.165) is 0 Å². The third-order valence-corrected chi connectivity index (χ3v) is 2.30. The van der Waals surface area contributed by atoms with Crippen molar-refractivity contribution in [2.75, 3.05) is 0 Å². The van der Waals surface area contributed by atoms with Gasteiger partial charge in [0.05, 0.1) is 17.2 Å². The molecule has 0 aliphatic heterocycles. The largest absolute Gasteiger partial charge is 0.508 e. The highest BCUT2D eigenvalue weighted by Gasteiger charge is 2.08. The van der Waals surface area contributed by atoms with Crippen LogP contribution in [0, 0.1) is 11.3 Å². The van der Waals surface area contributed by atoms with Gasteiger partial charge < -0.3 is 9.84 Å². The van der Waals surface area contributed by atoms with Crippen molar-refractivity contribution in [1.82, 2.24) is 0 Å². The van der Waals surface area contributed by atoms with Gasteiger partial charge in [-0.05, 0) is 48.5 Å². The molecule has 0 aromatic heterocycles. The Bertz CT molecular complexity index is 594. The van der Waals surface area contributed by atoms with Crippen LogP contribution in [-0.4, -0.2) is 11.1 Å². The van der Waals surface area contributed by atoms with Crippen molar-refractivity contribution in [3.05, 3.63) is 59.7 Å². The van der Waals surface area contributed by atoms with Crippen LogP contribution in [0.25, 0.3) is 0 Å². The maximum absolute atomic E-state index is 11.7. The Morgan fingerprint density at radius 1 is 1.06 bits per heavy atom. The van der Waals surface area contributed by atoms with Crippen molar-refractivity contribution in [3.8, 4) is 17.6 Å². The van der Waals surface area contributed by atoms with Gasteiger partial charge in [-0.1, -0.05) is 0 Å². The first-order valence-corrected chi connectivity index (χ1v) is 5.20. The van der Waals surface area contributed by atoms with Crippen LogP contribution < -0.4 is 4.74 Å². The fourth-order valence-electron chi connectivity index (χ4n) is 1.36. The molecule has 2 aromatic rings. The molecule has 4 nitrogen and oxygen atoms in total. The van der Waals surface area contributed by atoms with Gasteiger partial charge in [-0.3, -0.25) is 0 Å². The summed E-state index contributed by atoms with van der Waals surface area (Å²) in [5.74, 6) is -0.0586. The van der Waals surface area contributed by atoms with E-state index in [1.165, 1.54) is 24.3 Å². The highest BCUT2D eigenvalue weighted by molar-refractivity contribution is 5.91. The molecule has 18 heavy (non-hydrogen) atoms. The zero-order valence-electron chi connectivity index (χ0n) is 9.33. The van der Waals surface area contributed by atoms with Crippen LogP contribution in [0.1, 0.15) is 15.9 Å². The molecular weight excluding hydrogens is 230 g/mol. The maximum Gasteiger partial charge on any atom is 0.343 e. The highest BCUT2D eigenvalue weighted by Crippen LogP contribution is 2.15. The molecule has 0 amide bonds. The van der Waals surface area contributed by atoms with Crippen molar-refractivity contribution >= 4 is 5.97 Å². The molecule has 0 aliphatic carbocycles. The molecule has 0 spiro atoms. The van der Waals surface area contributed by atoms with E-state index in [4.69, 9.17) is 15.1 Å². The number of phenolic OH excluding ortho intramolecular Hbond substituents is 1. The lowest BCUT2D eigenvalue weighted by Gasteiger charge is -2.04. The first kappa shape index (κ1) is 11.7. The van der Waals surface area contributed by atoms with Crippen molar-refractivity contribution < 1.29 is 14.6 Å². The van der Waals surface area contributed by atoms with Gasteiger partial charge in [0, 0.05) is 0 Å². The number of benzene rings is 2. The second-order valence-corrected chi connectivity index (χ2v) is 3.57. The number of phenols is 1. The zero-order valence-corrected chi connectivity index (χ0v) is 9.33. The zero-order chi connectivity index (χ0) is 13.0. The van der Waals surface area contributed by atoms with Gasteiger partial charge in [0.2, 0.25) is 0 Å². The van der Waals surface area contributed by atoms with E-state index < -0.39 is 5.97 Å². The number of rotatable bonds is 2. The van der Waals surface area contributed by atoms with Gasteiger partial charge in [0.25, 0.3) is 0 Å². The van der Waals surface area contributed by atoms with Crippen molar-refractivity contribution in [2.24, 2.45) is 0 Å². The molecular formula is C14H9NO3. The number of carbonyl (C=O) groups is 1. The summed E-state index contributed by atoms with van der Waals surface area (Å²) < 4.78 is 5.11. The predicted molar refractivity (Wildman–Crippen MR) is 64.2 cm³/mol. The summed E-state index contributed by atoms with van der Waals surface area (Å²) in [6.45, 7) is 0. The molecule has 0 aliphatic rings. The van der Waals surface area contributed by atoms with E-state index in [1.54, 1.807) is 24.3 Å². The summed E-state index contributed by atoms with van der Waals surface area (Å²) >= 11 is 0. The number of aromatic hydroxyl groups is 1. The van der Waals surface area contributed by atoms with Gasteiger partial charge in [-0.25, -0.2) is 4.79 Å². The molecule has 0 radical (unpaired) electrons. The smallest absolute Gasteiger partial charge is 0.343 e. The van der Waals surface area contributed by atoms with Crippen LogP contribution in [0.4, 0.5) is 0 Å². The molecule has 4 heteroatoms. The maximum atomic E-state index is 11.7. The van der Waals surface area contributed by atoms with E-state index in [1.807, 2.05) is 6.07 Å². The Morgan fingerprint density at radius 2 is 1.67 bits per heavy atom. The topological polar surface area (TPSA) is 70.3 Å². The number of hydrogen-bond donors (Lipinski definition) is 1. The van der Waals surface area contributed by atoms with Crippen molar-refractivity contribution in [1.29, 1.82) is 5.26 Å². The summed E-state index contributed by atoms with van der Waals surface area (Å²) in [4.78, 5) is 11.7. The fourth-order valence-corrected chi connectivity index (χ4v) is 1.36. The van der Waals surface area contributed by atoms with Gasteiger partial charge in [-0.15, -0.1) is 0 Å². The van der Waals surface area contributed by atoms with Crippen LogP contribution in [0.15, 0.2) is 48.5 Å². The fraction of sp³-hybridized carbons (Fsp3) is 0. The Hall–Kier alpha value is -2.80. The standard InChI is InChI=1S/C14H9NO3/c15-9-10-1-7-13(8-2-10)18-14(17)11-3-5-12(16)6-4-11/h1-8,16H. The van der Waals surface area contributed by atoms with E-state index in [-0.39, 0.29) is 5.75 Å². The molecule has 88 valence electrons. The third kappa shape index (κ3) is 2.66. The molecule has 0 saturated carbocycles. The van der Waals surface area contributed by atoms with Crippen LogP contribution in [0.3, 0.4) is 0 Å². The van der Waals surface area contributed by atoms with E-state index >= 15 is 0 Å². The van der Waals surface area contributed by atoms with E-state index in [2.05, 4.69) is 0 Å². The molecule has 0 heterocycles. The van der Waals surface area contributed by atoms with Crippen LogP contribution in [0.5, 0.6) is 11.5 Å². The molecule has 0 saturated heterocycles. The third-order valence-electron chi connectivity index (χ3n) is 2.30. The number of ether oxygens (including phenoxy) is 1. The van der Waals surface area contributed by atoms with Crippen molar-refractivity contribution in [3.63, 3.8) is 0 Å².